The van der Waals surface area contributed by atoms with E-state index in [2.05, 4.69) is 26.0 Å². The average molecular weight is 258 g/mol. The molecule has 102 valence electrons. The fraction of sp³-hybridized carbons (Fsp3) is 0.588. The van der Waals surface area contributed by atoms with Crippen LogP contribution in [0.5, 0.6) is 0 Å². The molecule has 2 nitrogen and oxygen atoms in total. The van der Waals surface area contributed by atoms with Gasteiger partial charge in [-0.3, -0.25) is 4.79 Å². The Balaban J connectivity index is 1.61. The van der Waals surface area contributed by atoms with Crippen molar-refractivity contribution in [1.29, 1.82) is 0 Å². The molecule has 0 spiro atoms. The minimum absolute atomic E-state index is 0.0141. The van der Waals surface area contributed by atoms with Crippen molar-refractivity contribution < 1.29 is 9.53 Å². The fourth-order valence-electron chi connectivity index (χ4n) is 3.85. The van der Waals surface area contributed by atoms with Gasteiger partial charge >= 0.3 is 5.97 Å². The van der Waals surface area contributed by atoms with Gasteiger partial charge in [-0.15, -0.1) is 0 Å². The Labute approximate surface area is 115 Å². The Morgan fingerprint density at radius 1 is 1.32 bits per heavy atom. The van der Waals surface area contributed by atoms with Gasteiger partial charge in [0.15, 0.2) is 0 Å². The van der Waals surface area contributed by atoms with Gasteiger partial charge in [-0.2, -0.15) is 0 Å². The lowest BCUT2D eigenvalue weighted by Crippen LogP contribution is -2.35. The first-order valence-corrected chi connectivity index (χ1v) is 7.31. The molecule has 3 atom stereocenters. The molecule has 0 saturated heterocycles. The van der Waals surface area contributed by atoms with Gasteiger partial charge in [0.25, 0.3) is 0 Å². The SMILES string of the molecule is Cc1ccc(COC(=O)C2(C)CC3CCC2C3)cc1. The molecule has 0 radical (unpaired) electrons. The van der Waals surface area contributed by atoms with Gasteiger partial charge in [0.05, 0.1) is 5.41 Å². The molecule has 2 aliphatic carbocycles. The number of hydrogen-bond acceptors (Lipinski definition) is 2. The summed E-state index contributed by atoms with van der Waals surface area (Å²) in [4.78, 5) is 12.4. The van der Waals surface area contributed by atoms with E-state index >= 15 is 0 Å². The predicted molar refractivity (Wildman–Crippen MR) is 74.5 cm³/mol. The largest absolute Gasteiger partial charge is 0.460 e. The molecule has 0 aromatic heterocycles. The zero-order valence-electron chi connectivity index (χ0n) is 11.8. The van der Waals surface area contributed by atoms with Gasteiger partial charge in [0, 0.05) is 0 Å². The van der Waals surface area contributed by atoms with Crippen LogP contribution in [0.3, 0.4) is 0 Å². The highest BCUT2D eigenvalue weighted by molar-refractivity contribution is 5.77. The van der Waals surface area contributed by atoms with Crippen LogP contribution >= 0.6 is 0 Å². The maximum Gasteiger partial charge on any atom is 0.312 e. The summed E-state index contributed by atoms with van der Waals surface area (Å²) in [6.45, 7) is 4.58. The minimum atomic E-state index is -0.215. The van der Waals surface area contributed by atoms with Crippen molar-refractivity contribution in [2.24, 2.45) is 17.3 Å². The van der Waals surface area contributed by atoms with E-state index in [0.717, 1.165) is 17.9 Å². The summed E-state index contributed by atoms with van der Waals surface area (Å²) in [5.41, 5.74) is 2.09. The standard InChI is InChI=1S/C17H22O2/c1-12-3-5-13(6-4-12)11-19-16(18)17(2)10-14-7-8-15(17)9-14/h3-6,14-15H,7-11H2,1-2H3. The number of rotatable bonds is 3. The summed E-state index contributed by atoms with van der Waals surface area (Å²) < 4.78 is 5.57. The third-order valence-electron chi connectivity index (χ3n) is 5.11. The molecular formula is C17H22O2. The van der Waals surface area contributed by atoms with Crippen molar-refractivity contribution in [1.82, 2.24) is 0 Å². The van der Waals surface area contributed by atoms with E-state index in [1.807, 2.05) is 12.1 Å². The molecule has 2 fully saturated rings. The average Bonchev–Trinajstić information content (AvgIpc) is 2.98. The number of benzene rings is 1. The maximum absolute atomic E-state index is 12.4. The van der Waals surface area contributed by atoms with E-state index < -0.39 is 0 Å². The van der Waals surface area contributed by atoms with Crippen LogP contribution in [-0.2, 0) is 16.1 Å². The molecular weight excluding hydrogens is 236 g/mol. The number of carbonyl (C=O) groups is 1. The second-order valence-corrected chi connectivity index (χ2v) is 6.56. The van der Waals surface area contributed by atoms with Crippen molar-refractivity contribution in [3.8, 4) is 0 Å². The lowest BCUT2D eigenvalue weighted by atomic mass is 9.75. The highest BCUT2D eigenvalue weighted by Crippen LogP contribution is 2.56. The smallest absolute Gasteiger partial charge is 0.312 e. The van der Waals surface area contributed by atoms with Crippen LogP contribution < -0.4 is 0 Å². The molecule has 2 saturated carbocycles. The molecule has 3 unspecified atom stereocenters. The van der Waals surface area contributed by atoms with Crippen LogP contribution in [-0.4, -0.2) is 5.97 Å². The van der Waals surface area contributed by atoms with Crippen LogP contribution in [0.25, 0.3) is 0 Å². The lowest BCUT2D eigenvalue weighted by Gasteiger charge is -2.31. The number of fused-ring (bicyclic) bond motifs is 2. The Hall–Kier alpha value is -1.31. The molecule has 3 rings (SSSR count). The number of esters is 1. The number of ether oxygens (including phenoxy) is 1. The fourth-order valence-corrected chi connectivity index (χ4v) is 3.85. The number of aryl methyl sites for hydroxylation is 1. The second kappa shape index (κ2) is 4.66. The topological polar surface area (TPSA) is 26.3 Å². The third-order valence-corrected chi connectivity index (χ3v) is 5.11. The van der Waals surface area contributed by atoms with Crippen LogP contribution in [0, 0.1) is 24.2 Å². The zero-order chi connectivity index (χ0) is 13.5. The number of hydrogen-bond donors (Lipinski definition) is 0. The molecule has 0 heterocycles. The summed E-state index contributed by atoms with van der Waals surface area (Å²) >= 11 is 0. The minimum Gasteiger partial charge on any atom is -0.460 e. The monoisotopic (exact) mass is 258 g/mol. The summed E-state index contributed by atoms with van der Waals surface area (Å²) in [5.74, 6) is 1.34. The molecule has 2 bridgehead atoms. The first-order valence-electron chi connectivity index (χ1n) is 7.31. The normalized spacial score (nSPS) is 32.5. The van der Waals surface area contributed by atoms with Gasteiger partial charge in [-0.1, -0.05) is 36.2 Å². The maximum atomic E-state index is 12.4. The summed E-state index contributed by atoms with van der Waals surface area (Å²) in [6, 6.07) is 8.18. The Morgan fingerprint density at radius 3 is 2.63 bits per heavy atom. The summed E-state index contributed by atoms with van der Waals surface area (Å²) in [6.07, 6.45) is 4.78. The van der Waals surface area contributed by atoms with Crippen molar-refractivity contribution in [3.63, 3.8) is 0 Å². The van der Waals surface area contributed by atoms with Crippen LogP contribution in [0.2, 0.25) is 0 Å². The quantitative estimate of drug-likeness (QED) is 0.769. The van der Waals surface area contributed by atoms with E-state index in [-0.39, 0.29) is 11.4 Å². The predicted octanol–water partition coefficient (Wildman–Crippen LogP) is 3.86. The number of carbonyl (C=O) groups excluding carboxylic acids is 1. The van der Waals surface area contributed by atoms with E-state index in [1.54, 1.807) is 0 Å². The Morgan fingerprint density at radius 2 is 2.05 bits per heavy atom. The van der Waals surface area contributed by atoms with E-state index in [9.17, 15) is 4.79 Å². The van der Waals surface area contributed by atoms with Crippen LogP contribution in [0.1, 0.15) is 43.7 Å². The summed E-state index contributed by atoms with van der Waals surface area (Å²) in [5, 5.41) is 0. The van der Waals surface area contributed by atoms with Crippen molar-refractivity contribution in [2.45, 2.75) is 46.1 Å². The van der Waals surface area contributed by atoms with Gasteiger partial charge in [0.1, 0.15) is 6.61 Å². The van der Waals surface area contributed by atoms with Gasteiger partial charge in [-0.05, 0) is 50.5 Å². The molecule has 0 aliphatic heterocycles. The van der Waals surface area contributed by atoms with Gasteiger partial charge < -0.3 is 4.74 Å². The van der Waals surface area contributed by atoms with Crippen LogP contribution in [0.15, 0.2) is 24.3 Å². The highest BCUT2D eigenvalue weighted by Gasteiger charge is 2.53. The molecule has 0 amide bonds. The molecule has 1 aromatic carbocycles. The lowest BCUT2D eigenvalue weighted by molar-refractivity contribution is -0.159. The first kappa shape index (κ1) is 12.7. The molecule has 1 aromatic rings. The van der Waals surface area contributed by atoms with Crippen molar-refractivity contribution in [2.75, 3.05) is 0 Å². The van der Waals surface area contributed by atoms with Crippen molar-refractivity contribution in [3.05, 3.63) is 35.4 Å². The summed E-state index contributed by atoms with van der Waals surface area (Å²) in [7, 11) is 0. The third kappa shape index (κ3) is 2.29. The molecule has 19 heavy (non-hydrogen) atoms. The van der Waals surface area contributed by atoms with E-state index in [1.165, 1.54) is 24.8 Å². The van der Waals surface area contributed by atoms with Crippen LogP contribution in [0.4, 0.5) is 0 Å². The Bertz CT molecular complexity index is 477. The van der Waals surface area contributed by atoms with Gasteiger partial charge in [0.2, 0.25) is 0 Å². The van der Waals surface area contributed by atoms with E-state index in [4.69, 9.17) is 4.74 Å². The van der Waals surface area contributed by atoms with E-state index in [0.29, 0.717) is 12.5 Å². The molecule has 2 heteroatoms. The van der Waals surface area contributed by atoms with Gasteiger partial charge in [-0.25, -0.2) is 0 Å². The zero-order valence-corrected chi connectivity index (χ0v) is 11.8. The first-order chi connectivity index (χ1) is 9.08. The highest BCUT2D eigenvalue weighted by atomic mass is 16.5. The Kier molecular flexibility index (Phi) is 3.12. The van der Waals surface area contributed by atoms with Crippen molar-refractivity contribution >= 4 is 5.97 Å². The molecule has 0 N–H and O–H groups in total. The molecule has 2 aliphatic rings. The second-order valence-electron chi connectivity index (χ2n) is 6.56.